The number of nitrogens with one attached hydrogen (secondary N) is 2. The first kappa shape index (κ1) is 20.1. The normalized spacial score (nSPS) is 11.9. The van der Waals surface area contributed by atoms with Crippen molar-refractivity contribution in [1.82, 2.24) is 9.97 Å². The summed E-state index contributed by atoms with van der Waals surface area (Å²) in [5.74, 6) is -0.820. The number of hydrogen-bond donors (Lipinski definition) is 2. The van der Waals surface area contributed by atoms with E-state index in [-0.39, 0.29) is 31.9 Å². The molecule has 0 bridgehead atoms. The van der Waals surface area contributed by atoms with E-state index < -0.39 is 25.9 Å². The molecule has 0 aliphatic rings. The second-order valence-corrected chi connectivity index (χ2v) is 9.48. The highest BCUT2D eigenvalue weighted by atomic mass is 35.5. The molecule has 0 fully saturated rings. The van der Waals surface area contributed by atoms with Crippen LogP contribution in [-0.2, 0) is 20.0 Å². The van der Waals surface area contributed by atoms with Crippen LogP contribution in [-0.4, -0.2) is 46.4 Å². The van der Waals surface area contributed by atoms with Crippen molar-refractivity contribution < 1.29 is 21.2 Å². The quantitative estimate of drug-likeness (QED) is 0.721. The third-order valence-electron chi connectivity index (χ3n) is 2.98. The van der Waals surface area contributed by atoms with Crippen molar-refractivity contribution in [2.45, 2.75) is 0 Å². The average Bonchev–Trinajstić information content (AvgIpc) is 2.48. The van der Waals surface area contributed by atoms with Crippen molar-refractivity contribution in [2.24, 2.45) is 0 Å². The molecular weight excluding hydrogens is 409 g/mol. The molecule has 0 unspecified atom stereocenters. The van der Waals surface area contributed by atoms with E-state index in [0.717, 1.165) is 24.8 Å². The second kappa shape index (κ2) is 7.21. The van der Waals surface area contributed by atoms with Gasteiger partial charge in [-0.15, -0.1) is 0 Å². The van der Waals surface area contributed by atoms with Gasteiger partial charge in [0.05, 0.1) is 24.4 Å². The van der Waals surface area contributed by atoms with Gasteiger partial charge >= 0.3 is 0 Å². The van der Waals surface area contributed by atoms with E-state index in [9.17, 15) is 21.2 Å². The van der Waals surface area contributed by atoms with Gasteiger partial charge in [0.15, 0.2) is 5.82 Å². The van der Waals surface area contributed by atoms with Crippen LogP contribution in [0.25, 0.3) is 0 Å². The zero-order chi connectivity index (χ0) is 19.7. The topological polar surface area (TPSA) is 121 Å². The molecule has 13 heteroatoms. The summed E-state index contributed by atoms with van der Waals surface area (Å²) in [4.78, 5) is 7.86. The minimum atomic E-state index is -4.16. The van der Waals surface area contributed by atoms with E-state index in [0.29, 0.717) is 0 Å². The third kappa shape index (κ3) is 4.51. The number of benzene rings is 1. The zero-order valence-corrected chi connectivity index (χ0v) is 16.2. The molecule has 2 N–H and O–H groups in total. The number of hydrogen-bond acceptors (Lipinski definition) is 8. The number of sulfonamides is 2. The molecule has 1 aromatic carbocycles. The summed E-state index contributed by atoms with van der Waals surface area (Å²) in [6.07, 6.45) is 2.47. The maximum absolute atomic E-state index is 13.9. The maximum atomic E-state index is 13.9. The number of rotatable bonds is 6. The van der Waals surface area contributed by atoms with Gasteiger partial charge in [-0.05, 0) is 18.2 Å². The number of nitrogens with zero attached hydrogens (tertiary/aromatic N) is 3. The van der Waals surface area contributed by atoms with E-state index in [1.807, 2.05) is 0 Å². The van der Waals surface area contributed by atoms with Crippen LogP contribution < -0.4 is 14.3 Å². The molecule has 1 heterocycles. The van der Waals surface area contributed by atoms with Crippen molar-refractivity contribution in [3.05, 3.63) is 35.2 Å². The Labute approximate surface area is 155 Å². The van der Waals surface area contributed by atoms with Crippen LogP contribution in [0.4, 0.5) is 27.5 Å². The van der Waals surface area contributed by atoms with E-state index in [4.69, 9.17) is 11.6 Å². The summed E-state index contributed by atoms with van der Waals surface area (Å²) in [7, 11) is -6.90. The Morgan fingerprint density at radius 2 is 1.77 bits per heavy atom. The Balaban J connectivity index is 2.50. The average molecular weight is 424 g/mol. The molecule has 0 saturated heterocycles. The highest BCUT2D eigenvalue weighted by Crippen LogP contribution is 2.29. The smallest absolute Gasteiger partial charge is 0.245 e. The first-order chi connectivity index (χ1) is 11.9. The van der Waals surface area contributed by atoms with Crippen molar-refractivity contribution >= 4 is 54.8 Å². The van der Waals surface area contributed by atoms with Crippen LogP contribution in [0.15, 0.2) is 24.4 Å². The maximum Gasteiger partial charge on any atom is 0.245 e. The standard InChI is InChI=1S/C13H15ClFN5O4S2/c1-16-12-11(20(25(2,21)22)26(3,23)24)7-17-13(19-12)18-10-5-4-8(14)6-9(10)15/h4-7H,1-3H3,(H2,16,17,18,19). The van der Waals surface area contributed by atoms with Gasteiger partial charge in [-0.3, -0.25) is 0 Å². The van der Waals surface area contributed by atoms with Gasteiger partial charge in [-0.2, -0.15) is 8.69 Å². The van der Waals surface area contributed by atoms with E-state index in [1.165, 1.54) is 19.2 Å². The third-order valence-corrected chi connectivity index (χ3v) is 6.44. The van der Waals surface area contributed by atoms with Crippen molar-refractivity contribution in [3.8, 4) is 0 Å². The molecule has 2 aromatic rings. The van der Waals surface area contributed by atoms with Crippen LogP contribution in [0, 0.1) is 5.82 Å². The Morgan fingerprint density at radius 3 is 2.27 bits per heavy atom. The lowest BCUT2D eigenvalue weighted by Gasteiger charge is -2.21. The van der Waals surface area contributed by atoms with Gasteiger partial charge in [0.1, 0.15) is 11.5 Å². The first-order valence-corrected chi connectivity index (χ1v) is 11.0. The van der Waals surface area contributed by atoms with Crippen LogP contribution in [0.3, 0.4) is 0 Å². The summed E-state index contributed by atoms with van der Waals surface area (Å²) >= 11 is 5.68. The Hall–Kier alpha value is -2.18. The lowest BCUT2D eigenvalue weighted by molar-refractivity contribution is 0.590. The lowest BCUT2D eigenvalue weighted by atomic mass is 10.3. The molecule has 0 amide bonds. The van der Waals surface area contributed by atoms with Crippen molar-refractivity contribution in [3.63, 3.8) is 0 Å². The fourth-order valence-electron chi connectivity index (χ4n) is 2.07. The number of aromatic nitrogens is 2. The first-order valence-electron chi connectivity index (χ1n) is 6.91. The molecule has 142 valence electrons. The molecule has 0 saturated carbocycles. The Kier molecular flexibility index (Phi) is 5.58. The Morgan fingerprint density at radius 1 is 1.15 bits per heavy atom. The predicted octanol–water partition coefficient (Wildman–Crippen LogP) is 1.78. The van der Waals surface area contributed by atoms with Crippen LogP contribution in [0.1, 0.15) is 0 Å². The lowest BCUT2D eigenvalue weighted by Crippen LogP contribution is -2.36. The largest absolute Gasteiger partial charge is 0.371 e. The van der Waals surface area contributed by atoms with Crippen LogP contribution >= 0.6 is 11.6 Å². The van der Waals surface area contributed by atoms with E-state index in [2.05, 4.69) is 20.6 Å². The van der Waals surface area contributed by atoms with E-state index >= 15 is 0 Å². The molecule has 0 spiro atoms. The van der Waals surface area contributed by atoms with Gasteiger partial charge < -0.3 is 10.6 Å². The summed E-state index contributed by atoms with van der Waals surface area (Å²) in [6.45, 7) is 0. The second-order valence-electron chi connectivity index (χ2n) is 5.15. The van der Waals surface area contributed by atoms with Crippen molar-refractivity contribution in [1.29, 1.82) is 0 Å². The molecule has 26 heavy (non-hydrogen) atoms. The highest BCUT2D eigenvalue weighted by Gasteiger charge is 2.30. The van der Waals surface area contributed by atoms with Gasteiger partial charge in [0.25, 0.3) is 0 Å². The fourth-order valence-corrected chi connectivity index (χ4v) is 5.18. The highest BCUT2D eigenvalue weighted by molar-refractivity contribution is 8.09. The molecule has 9 nitrogen and oxygen atoms in total. The number of anilines is 4. The van der Waals surface area contributed by atoms with E-state index in [1.54, 1.807) is 0 Å². The van der Waals surface area contributed by atoms with Gasteiger partial charge in [-0.1, -0.05) is 11.6 Å². The summed E-state index contributed by atoms with van der Waals surface area (Å²) < 4.78 is 61.6. The molecule has 2 rings (SSSR count). The monoisotopic (exact) mass is 423 g/mol. The van der Waals surface area contributed by atoms with Crippen LogP contribution in [0.2, 0.25) is 5.02 Å². The summed E-state index contributed by atoms with van der Waals surface area (Å²) in [5.41, 5.74) is -0.257. The molecular formula is C13H15ClFN5O4S2. The minimum absolute atomic E-state index is 0.0345. The van der Waals surface area contributed by atoms with Gasteiger partial charge in [0, 0.05) is 12.1 Å². The SMILES string of the molecule is CNc1nc(Nc2ccc(Cl)cc2F)ncc1N(S(C)(=O)=O)S(C)(=O)=O. The Bertz CT molecular complexity index is 1010. The summed E-state index contributed by atoms with van der Waals surface area (Å²) in [6, 6.07) is 3.91. The van der Waals surface area contributed by atoms with Gasteiger partial charge in [0.2, 0.25) is 26.0 Å². The molecule has 0 atom stereocenters. The number of halogens is 2. The van der Waals surface area contributed by atoms with Gasteiger partial charge in [-0.25, -0.2) is 26.2 Å². The minimum Gasteiger partial charge on any atom is -0.371 e. The molecule has 1 aromatic heterocycles. The van der Waals surface area contributed by atoms with Crippen molar-refractivity contribution in [2.75, 3.05) is 33.9 Å². The fraction of sp³-hybridized carbons (Fsp3) is 0.231. The predicted molar refractivity (Wildman–Crippen MR) is 98.4 cm³/mol. The van der Waals surface area contributed by atoms with Crippen LogP contribution in [0.5, 0.6) is 0 Å². The molecule has 0 aliphatic heterocycles. The summed E-state index contributed by atoms with van der Waals surface area (Å²) in [5, 5.41) is 5.40. The molecule has 0 radical (unpaired) electrons. The molecule has 0 aliphatic carbocycles. The zero-order valence-electron chi connectivity index (χ0n) is 13.9.